The molecule has 0 spiro atoms. The summed E-state index contributed by atoms with van der Waals surface area (Å²) in [5, 5.41) is 0.750. The zero-order valence-electron chi connectivity index (χ0n) is 10.5. The van der Waals surface area contributed by atoms with E-state index < -0.39 is 0 Å². The second-order valence-corrected chi connectivity index (χ2v) is 6.14. The van der Waals surface area contributed by atoms with Crippen LogP contribution in [0.2, 0.25) is 0 Å². The Bertz CT molecular complexity index is 377. The molecule has 1 aliphatic carbocycles. The second-order valence-electron chi connectivity index (χ2n) is 4.92. The van der Waals surface area contributed by atoms with E-state index in [9.17, 15) is 4.79 Å². The molecule has 1 aliphatic rings. The Morgan fingerprint density at radius 2 is 2.17 bits per heavy atom. The van der Waals surface area contributed by atoms with Crippen molar-refractivity contribution in [3.63, 3.8) is 0 Å². The number of nitrogens with two attached hydrogens (primary N) is 1. The number of hydrogen-bond donors (Lipinski definition) is 1. The summed E-state index contributed by atoms with van der Waals surface area (Å²) >= 11 is 1.50. The van der Waals surface area contributed by atoms with E-state index in [0.29, 0.717) is 5.92 Å². The first-order valence-corrected chi connectivity index (χ1v) is 7.50. The van der Waals surface area contributed by atoms with E-state index in [0.717, 1.165) is 11.4 Å². The monoisotopic (exact) mass is 264 g/mol. The van der Waals surface area contributed by atoms with Crippen LogP contribution in [0, 0.1) is 5.92 Å². The van der Waals surface area contributed by atoms with Gasteiger partial charge in [-0.15, -0.1) is 0 Å². The predicted octanol–water partition coefficient (Wildman–Crippen LogP) is 3.00. The molecule has 1 unspecified atom stereocenters. The number of carbonyl (C=O) groups excluding carboxylic acids is 1. The van der Waals surface area contributed by atoms with Crippen LogP contribution in [-0.4, -0.2) is 16.1 Å². The fraction of sp³-hybridized carbons (Fsp3) is 0.571. The highest BCUT2D eigenvalue weighted by Crippen LogP contribution is 2.32. The van der Waals surface area contributed by atoms with Crippen molar-refractivity contribution in [2.75, 3.05) is 0 Å². The van der Waals surface area contributed by atoms with E-state index in [2.05, 4.69) is 4.98 Å². The number of pyridine rings is 1. The molecular weight excluding hydrogens is 244 g/mol. The largest absolute Gasteiger partial charge is 0.369 e. The summed E-state index contributed by atoms with van der Waals surface area (Å²) in [6, 6.07) is 5.75. The van der Waals surface area contributed by atoms with Gasteiger partial charge in [-0.3, -0.25) is 4.79 Å². The molecule has 1 aromatic rings. The summed E-state index contributed by atoms with van der Waals surface area (Å²) in [4.78, 5) is 15.8. The molecule has 2 N–H and O–H groups in total. The highest BCUT2D eigenvalue weighted by atomic mass is 32.2. The molecular formula is C14H20N2OS. The highest BCUT2D eigenvalue weighted by molar-refractivity contribution is 8.00. The molecule has 2 rings (SSSR count). The van der Waals surface area contributed by atoms with Gasteiger partial charge in [-0.1, -0.05) is 49.9 Å². The van der Waals surface area contributed by atoms with Gasteiger partial charge in [-0.25, -0.2) is 4.98 Å². The molecule has 1 aromatic heterocycles. The van der Waals surface area contributed by atoms with Crippen LogP contribution in [0.4, 0.5) is 0 Å². The Labute approximate surface area is 113 Å². The Hall–Kier alpha value is -1.03. The zero-order chi connectivity index (χ0) is 12.8. The molecule has 1 atom stereocenters. The van der Waals surface area contributed by atoms with Crippen molar-refractivity contribution in [1.29, 1.82) is 0 Å². The topological polar surface area (TPSA) is 56.0 Å². The molecule has 0 aromatic carbocycles. The van der Waals surface area contributed by atoms with Crippen molar-refractivity contribution in [2.24, 2.45) is 11.7 Å². The van der Waals surface area contributed by atoms with Gasteiger partial charge in [-0.05, 0) is 24.5 Å². The van der Waals surface area contributed by atoms with Gasteiger partial charge in [0.05, 0.1) is 10.3 Å². The van der Waals surface area contributed by atoms with Crippen LogP contribution in [0.1, 0.15) is 38.5 Å². The number of thioether (sulfide) groups is 1. The van der Waals surface area contributed by atoms with Crippen LogP contribution in [-0.2, 0) is 4.79 Å². The second kappa shape index (κ2) is 6.78. The van der Waals surface area contributed by atoms with Crippen molar-refractivity contribution in [3.8, 4) is 0 Å². The van der Waals surface area contributed by atoms with Gasteiger partial charge in [0.25, 0.3) is 0 Å². The minimum absolute atomic E-state index is 0.136. The number of amides is 1. The lowest BCUT2D eigenvalue weighted by Crippen LogP contribution is -2.28. The quantitative estimate of drug-likeness (QED) is 0.832. The first kappa shape index (κ1) is 13.4. The van der Waals surface area contributed by atoms with Gasteiger partial charge >= 0.3 is 0 Å². The van der Waals surface area contributed by atoms with Gasteiger partial charge in [0.1, 0.15) is 0 Å². The number of carbonyl (C=O) groups is 1. The molecule has 0 saturated heterocycles. The van der Waals surface area contributed by atoms with Gasteiger partial charge in [-0.2, -0.15) is 0 Å². The summed E-state index contributed by atoms with van der Waals surface area (Å²) < 4.78 is 0. The molecule has 1 heterocycles. The number of hydrogen-bond acceptors (Lipinski definition) is 3. The summed E-state index contributed by atoms with van der Waals surface area (Å²) in [5.41, 5.74) is 5.51. The van der Waals surface area contributed by atoms with Crippen LogP contribution >= 0.6 is 11.8 Å². The van der Waals surface area contributed by atoms with Crippen LogP contribution in [0.25, 0.3) is 0 Å². The van der Waals surface area contributed by atoms with Crippen LogP contribution < -0.4 is 5.73 Å². The molecule has 1 saturated carbocycles. The van der Waals surface area contributed by atoms with Gasteiger partial charge in [0, 0.05) is 6.20 Å². The Morgan fingerprint density at radius 1 is 1.39 bits per heavy atom. The van der Waals surface area contributed by atoms with Crippen molar-refractivity contribution in [1.82, 2.24) is 4.98 Å². The SMILES string of the molecule is NC(=O)C(CC1CCCCC1)Sc1ccccn1. The maximum atomic E-state index is 11.6. The smallest absolute Gasteiger partial charge is 0.230 e. The van der Waals surface area contributed by atoms with Gasteiger partial charge in [0.15, 0.2) is 0 Å². The molecule has 3 nitrogen and oxygen atoms in total. The van der Waals surface area contributed by atoms with Crippen LogP contribution in [0.3, 0.4) is 0 Å². The van der Waals surface area contributed by atoms with E-state index in [1.165, 1.54) is 43.9 Å². The number of primary amides is 1. The lowest BCUT2D eigenvalue weighted by molar-refractivity contribution is -0.117. The lowest BCUT2D eigenvalue weighted by Gasteiger charge is -2.24. The Balaban J connectivity index is 1.93. The Kier molecular flexibility index (Phi) is 5.05. The van der Waals surface area contributed by atoms with E-state index in [-0.39, 0.29) is 11.2 Å². The fourth-order valence-corrected chi connectivity index (χ4v) is 3.57. The molecule has 0 aliphatic heterocycles. The van der Waals surface area contributed by atoms with E-state index in [4.69, 9.17) is 5.73 Å². The maximum absolute atomic E-state index is 11.6. The van der Waals surface area contributed by atoms with Gasteiger partial charge < -0.3 is 5.73 Å². The van der Waals surface area contributed by atoms with E-state index in [1.807, 2.05) is 18.2 Å². The van der Waals surface area contributed by atoms with Crippen molar-refractivity contribution in [3.05, 3.63) is 24.4 Å². The average molecular weight is 264 g/mol. The summed E-state index contributed by atoms with van der Waals surface area (Å²) in [5.74, 6) is 0.448. The van der Waals surface area contributed by atoms with Crippen LogP contribution in [0.5, 0.6) is 0 Å². The lowest BCUT2D eigenvalue weighted by atomic mass is 9.86. The van der Waals surface area contributed by atoms with E-state index in [1.54, 1.807) is 6.20 Å². The maximum Gasteiger partial charge on any atom is 0.230 e. The predicted molar refractivity (Wildman–Crippen MR) is 74.3 cm³/mol. The number of nitrogens with zero attached hydrogens (tertiary/aromatic N) is 1. The number of aromatic nitrogens is 1. The standard InChI is InChI=1S/C14H20N2OS/c15-14(17)12(10-11-6-2-1-3-7-11)18-13-8-4-5-9-16-13/h4-5,8-9,11-12H,1-3,6-7,10H2,(H2,15,17). The molecule has 1 amide bonds. The minimum Gasteiger partial charge on any atom is -0.369 e. The number of rotatable bonds is 5. The third-order valence-corrected chi connectivity index (χ3v) is 4.68. The Morgan fingerprint density at radius 3 is 2.78 bits per heavy atom. The molecule has 18 heavy (non-hydrogen) atoms. The van der Waals surface area contributed by atoms with Crippen molar-refractivity contribution in [2.45, 2.75) is 48.8 Å². The first-order chi connectivity index (χ1) is 8.75. The normalized spacial score (nSPS) is 18.4. The van der Waals surface area contributed by atoms with Crippen LogP contribution in [0.15, 0.2) is 29.4 Å². The fourth-order valence-electron chi connectivity index (χ4n) is 2.51. The molecule has 98 valence electrons. The van der Waals surface area contributed by atoms with Crippen molar-refractivity contribution < 1.29 is 4.79 Å². The molecule has 1 fully saturated rings. The summed E-state index contributed by atoms with van der Waals surface area (Å²) in [6.45, 7) is 0. The van der Waals surface area contributed by atoms with E-state index >= 15 is 0 Å². The molecule has 0 radical (unpaired) electrons. The molecule has 4 heteroatoms. The first-order valence-electron chi connectivity index (χ1n) is 6.62. The molecule has 0 bridgehead atoms. The van der Waals surface area contributed by atoms with Gasteiger partial charge in [0.2, 0.25) is 5.91 Å². The average Bonchev–Trinajstić information content (AvgIpc) is 2.40. The zero-order valence-corrected chi connectivity index (χ0v) is 11.4. The summed E-state index contributed by atoms with van der Waals surface area (Å²) in [7, 11) is 0. The summed E-state index contributed by atoms with van der Waals surface area (Å²) in [6.07, 6.45) is 9.07. The minimum atomic E-state index is -0.212. The third-order valence-electron chi connectivity index (χ3n) is 3.49. The highest BCUT2D eigenvalue weighted by Gasteiger charge is 2.23. The third kappa shape index (κ3) is 4.02. The van der Waals surface area contributed by atoms with Crippen molar-refractivity contribution >= 4 is 17.7 Å².